The number of amides is 1. The quantitative estimate of drug-likeness (QED) is 0.780. The monoisotopic (exact) mass is 266 g/mol. The lowest BCUT2D eigenvalue weighted by Gasteiger charge is -2.24. The SMILES string of the molecule is CCOc1ccc(OCC(=O)NC(C)(C)CN)cc1. The molecule has 0 aliphatic rings. The third kappa shape index (κ3) is 5.61. The van der Waals surface area contributed by atoms with Gasteiger partial charge in [-0.3, -0.25) is 4.79 Å². The molecule has 0 aliphatic heterocycles. The number of ether oxygens (including phenoxy) is 2. The summed E-state index contributed by atoms with van der Waals surface area (Å²) >= 11 is 0. The molecule has 1 aromatic carbocycles. The number of nitrogens with two attached hydrogens (primary N) is 1. The summed E-state index contributed by atoms with van der Waals surface area (Å²) in [6, 6.07) is 7.15. The van der Waals surface area contributed by atoms with Crippen LogP contribution >= 0.6 is 0 Å². The predicted molar refractivity (Wildman–Crippen MR) is 74.4 cm³/mol. The topological polar surface area (TPSA) is 73.6 Å². The van der Waals surface area contributed by atoms with E-state index in [0.29, 0.717) is 18.9 Å². The van der Waals surface area contributed by atoms with Crippen molar-refractivity contribution in [2.75, 3.05) is 19.8 Å². The molecule has 0 atom stereocenters. The van der Waals surface area contributed by atoms with Crippen LogP contribution in [0.3, 0.4) is 0 Å². The van der Waals surface area contributed by atoms with Crippen LogP contribution in [0.4, 0.5) is 0 Å². The fourth-order valence-electron chi connectivity index (χ4n) is 1.41. The second kappa shape index (κ2) is 6.99. The van der Waals surface area contributed by atoms with Gasteiger partial charge in [0.2, 0.25) is 0 Å². The molecule has 0 aliphatic carbocycles. The van der Waals surface area contributed by atoms with Crippen molar-refractivity contribution in [1.82, 2.24) is 5.32 Å². The van der Waals surface area contributed by atoms with Crippen molar-refractivity contribution in [3.05, 3.63) is 24.3 Å². The van der Waals surface area contributed by atoms with Gasteiger partial charge < -0.3 is 20.5 Å². The van der Waals surface area contributed by atoms with Crippen LogP contribution in [0.15, 0.2) is 24.3 Å². The summed E-state index contributed by atoms with van der Waals surface area (Å²) in [5, 5.41) is 2.79. The molecule has 0 aromatic heterocycles. The first-order valence-electron chi connectivity index (χ1n) is 6.33. The second-order valence-electron chi connectivity index (χ2n) is 4.83. The summed E-state index contributed by atoms with van der Waals surface area (Å²) in [5.74, 6) is 1.22. The van der Waals surface area contributed by atoms with E-state index in [4.69, 9.17) is 15.2 Å². The molecule has 0 saturated heterocycles. The van der Waals surface area contributed by atoms with E-state index in [9.17, 15) is 4.79 Å². The zero-order valence-electron chi connectivity index (χ0n) is 11.7. The highest BCUT2D eigenvalue weighted by Crippen LogP contribution is 2.17. The van der Waals surface area contributed by atoms with Crippen molar-refractivity contribution in [2.45, 2.75) is 26.3 Å². The van der Waals surface area contributed by atoms with Crippen LogP contribution in [-0.2, 0) is 4.79 Å². The van der Waals surface area contributed by atoms with Crippen molar-refractivity contribution < 1.29 is 14.3 Å². The maximum absolute atomic E-state index is 11.6. The van der Waals surface area contributed by atoms with Crippen LogP contribution < -0.4 is 20.5 Å². The molecule has 3 N–H and O–H groups in total. The van der Waals surface area contributed by atoms with Crippen LogP contribution in [0.2, 0.25) is 0 Å². The Hall–Kier alpha value is -1.75. The van der Waals surface area contributed by atoms with Crippen molar-refractivity contribution in [3.63, 3.8) is 0 Å². The number of hydrogen-bond donors (Lipinski definition) is 2. The zero-order valence-corrected chi connectivity index (χ0v) is 11.7. The lowest BCUT2D eigenvalue weighted by molar-refractivity contribution is -0.124. The molecule has 5 nitrogen and oxygen atoms in total. The van der Waals surface area contributed by atoms with E-state index >= 15 is 0 Å². The third-order valence-electron chi connectivity index (χ3n) is 2.49. The number of carbonyl (C=O) groups is 1. The largest absolute Gasteiger partial charge is 0.494 e. The second-order valence-corrected chi connectivity index (χ2v) is 4.83. The first-order chi connectivity index (χ1) is 8.96. The molecule has 19 heavy (non-hydrogen) atoms. The van der Waals surface area contributed by atoms with Crippen molar-refractivity contribution in [3.8, 4) is 11.5 Å². The van der Waals surface area contributed by atoms with Gasteiger partial charge in [-0.1, -0.05) is 0 Å². The fraction of sp³-hybridized carbons (Fsp3) is 0.500. The van der Waals surface area contributed by atoms with Crippen molar-refractivity contribution in [1.29, 1.82) is 0 Å². The summed E-state index contributed by atoms with van der Waals surface area (Å²) in [5.41, 5.74) is 5.12. The van der Waals surface area contributed by atoms with E-state index in [1.807, 2.05) is 20.8 Å². The molecule has 5 heteroatoms. The van der Waals surface area contributed by atoms with Gasteiger partial charge >= 0.3 is 0 Å². The minimum absolute atomic E-state index is 0.0303. The van der Waals surface area contributed by atoms with Gasteiger partial charge in [0.1, 0.15) is 11.5 Å². The van der Waals surface area contributed by atoms with Crippen LogP contribution in [0.5, 0.6) is 11.5 Å². The molecule has 0 bridgehead atoms. The third-order valence-corrected chi connectivity index (χ3v) is 2.49. The zero-order chi connectivity index (χ0) is 14.3. The van der Waals surface area contributed by atoms with E-state index in [2.05, 4.69) is 5.32 Å². The van der Waals surface area contributed by atoms with Crippen LogP contribution in [0.1, 0.15) is 20.8 Å². The summed E-state index contributed by atoms with van der Waals surface area (Å²) < 4.78 is 10.7. The Balaban J connectivity index is 2.42. The smallest absolute Gasteiger partial charge is 0.258 e. The molecule has 0 fully saturated rings. The van der Waals surface area contributed by atoms with Crippen LogP contribution in [0, 0.1) is 0 Å². The van der Waals surface area contributed by atoms with Crippen molar-refractivity contribution in [2.24, 2.45) is 5.73 Å². The molecule has 1 rings (SSSR count). The Morgan fingerprint density at radius 3 is 2.21 bits per heavy atom. The first kappa shape index (κ1) is 15.3. The van der Waals surface area contributed by atoms with Gasteiger partial charge in [-0.2, -0.15) is 0 Å². The van der Waals surface area contributed by atoms with E-state index in [1.54, 1.807) is 24.3 Å². The molecule has 0 saturated carbocycles. The maximum atomic E-state index is 11.6. The summed E-state index contributed by atoms with van der Waals surface area (Å²) in [4.78, 5) is 11.6. The molecule has 1 amide bonds. The lowest BCUT2D eigenvalue weighted by atomic mass is 10.1. The molecule has 0 radical (unpaired) electrons. The summed E-state index contributed by atoms with van der Waals surface area (Å²) in [7, 11) is 0. The van der Waals surface area contributed by atoms with Gasteiger partial charge in [0.15, 0.2) is 6.61 Å². The van der Waals surface area contributed by atoms with Gasteiger partial charge in [-0.05, 0) is 45.0 Å². The molecule has 1 aromatic rings. The number of carbonyl (C=O) groups excluding carboxylic acids is 1. The van der Waals surface area contributed by atoms with E-state index in [1.165, 1.54) is 0 Å². The van der Waals surface area contributed by atoms with E-state index in [-0.39, 0.29) is 12.5 Å². The fourth-order valence-corrected chi connectivity index (χ4v) is 1.41. The summed E-state index contributed by atoms with van der Waals surface area (Å²) in [6.07, 6.45) is 0. The Morgan fingerprint density at radius 1 is 1.21 bits per heavy atom. The van der Waals surface area contributed by atoms with Crippen LogP contribution in [-0.4, -0.2) is 31.2 Å². The average Bonchev–Trinajstić information content (AvgIpc) is 2.38. The van der Waals surface area contributed by atoms with Gasteiger partial charge in [0.25, 0.3) is 5.91 Å². The van der Waals surface area contributed by atoms with Crippen molar-refractivity contribution >= 4 is 5.91 Å². The van der Waals surface area contributed by atoms with Gasteiger partial charge in [0, 0.05) is 12.1 Å². The molecular formula is C14H22N2O3. The molecule has 106 valence electrons. The standard InChI is InChI=1S/C14H22N2O3/c1-4-18-11-5-7-12(8-6-11)19-9-13(17)16-14(2,3)10-15/h5-8H,4,9-10,15H2,1-3H3,(H,16,17). The molecule has 0 heterocycles. The normalized spacial score (nSPS) is 10.9. The Labute approximate surface area is 114 Å². The highest BCUT2D eigenvalue weighted by atomic mass is 16.5. The summed E-state index contributed by atoms with van der Waals surface area (Å²) in [6.45, 7) is 6.62. The maximum Gasteiger partial charge on any atom is 0.258 e. The Bertz CT molecular complexity index is 402. The van der Waals surface area contributed by atoms with Gasteiger partial charge in [-0.25, -0.2) is 0 Å². The number of hydrogen-bond acceptors (Lipinski definition) is 4. The lowest BCUT2D eigenvalue weighted by Crippen LogP contribution is -2.50. The number of nitrogens with one attached hydrogen (secondary N) is 1. The first-order valence-corrected chi connectivity index (χ1v) is 6.33. The van der Waals surface area contributed by atoms with Gasteiger partial charge in [0.05, 0.1) is 6.61 Å². The average molecular weight is 266 g/mol. The molecule has 0 unspecified atom stereocenters. The Morgan fingerprint density at radius 2 is 1.74 bits per heavy atom. The van der Waals surface area contributed by atoms with Crippen LogP contribution in [0.25, 0.3) is 0 Å². The molecular weight excluding hydrogens is 244 g/mol. The number of benzene rings is 1. The minimum atomic E-state index is -0.417. The highest BCUT2D eigenvalue weighted by molar-refractivity contribution is 5.78. The molecule has 0 spiro atoms. The number of rotatable bonds is 7. The predicted octanol–water partition coefficient (Wildman–Crippen LogP) is 1.32. The van der Waals surface area contributed by atoms with E-state index in [0.717, 1.165) is 5.75 Å². The van der Waals surface area contributed by atoms with E-state index < -0.39 is 5.54 Å². The van der Waals surface area contributed by atoms with Gasteiger partial charge in [-0.15, -0.1) is 0 Å². The highest BCUT2D eigenvalue weighted by Gasteiger charge is 2.18. The minimum Gasteiger partial charge on any atom is -0.494 e. The Kier molecular flexibility index (Phi) is 5.63.